The van der Waals surface area contributed by atoms with E-state index in [0.29, 0.717) is 0 Å². The molecule has 2 atom stereocenters. The van der Waals surface area contributed by atoms with Gasteiger partial charge in [-0.3, -0.25) is 9.59 Å². The maximum absolute atomic E-state index is 12.9. The molecule has 4 nitrogen and oxygen atoms in total. The van der Waals surface area contributed by atoms with Crippen LogP contribution in [0.1, 0.15) is 60.5 Å². The topological polar surface area (TPSA) is 49.4 Å². The van der Waals surface area contributed by atoms with Gasteiger partial charge in [-0.25, -0.2) is 0 Å². The van der Waals surface area contributed by atoms with Gasteiger partial charge in [0, 0.05) is 13.1 Å². The predicted molar refractivity (Wildman–Crippen MR) is 106 cm³/mol. The fourth-order valence-corrected chi connectivity index (χ4v) is 4.25. The molecule has 2 aromatic carbocycles. The summed E-state index contributed by atoms with van der Waals surface area (Å²) >= 11 is 0. The van der Waals surface area contributed by atoms with E-state index in [0.717, 1.165) is 30.4 Å². The summed E-state index contributed by atoms with van der Waals surface area (Å²) in [5, 5.41) is 3.21. The van der Waals surface area contributed by atoms with Crippen molar-refractivity contribution >= 4 is 17.9 Å². The number of hydrogen-bond donors (Lipinski definition) is 1. The summed E-state index contributed by atoms with van der Waals surface area (Å²) in [5.74, 6) is -0.0698. The number of carbonyl (C=O) groups excluding carboxylic acids is 2. The zero-order valence-electron chi connectivity index (χ0n) is 15.5. The first-order chi connectivity index (χ1) is 13.1. The molecule has 0 spiro atoms. The van der Waals surface area contributed by atoms with E-state index in [-0.39, 0.29) is 30.3 Å². The van der Waals surface area contributed by atoms with Crippen LogP contribution in [-0.4, -0.2) is 16.7 Å². The SMILES string of the molecule is CC(=O)N1C=Cc2ccccc2[C@@H]1CC(=O)N[C@H]1CCCc2ccccc21. The third kappa shape index (κ3) is 3.52. The van der Waals surface area contributed by atoms with E-state index in [1.165, 1.54) is 11.1 Å². The normalized spacial score (nSPS) is 20.6. The van der Waals surface area contributed by atoms with Gasteiger partial charge in [0.05, 0.1) is 18.5 Å². The second-order valence-corrected chi connectivity index (χ2v) is 7.30. The molecule has 138 valence electrons. The molecule has 1 aliphatic heterocycles. The van der Waals surface area contributed by atoms with Crippen LogP contribution in [-0.2, 0) is 16.0 Å². The zero-order valence-corrected chi connectivity index (χ0v) is 15.5. The molecule has 4 rings (SSSR count). The van der Waals surface area contributed by atoms with Gasteiger partial charge in [0.2, 0.25) is 11.8 Å². The average Bonchev–Trinajstić information content (AvgIpc) is 2.68. The van der Waals surface area contributed by atoms with Crippen LogP contribution in [0.4, 0.5) is 0 Å². The Balaban J connectivity index is 1.54. The van der Waals surface area contributed by atoms with Gasteiger partial charge in [0.1, 0.15) is 0 Å². The van der Waals surface area contributed by atoms with Crippen LogP contribution in [0.2, 0.25) is 0 Å². The second-order valence-electron chi connectivity index (χ2n) is 7.30. The largest absolute Gasteiger partial charge is 0.349 e. The van der Waals surface area contributed by atoms with Crippen LogP contribution in [0.5, 0.6) is 0 Å². The number of nitrogens with one attached hydrogen (secondary N) is 1. The van der Waals surface area contributed by atoms with Crippen molar-refractivity contribution in [2.75, 3.05) is 0 Å². The molecule has 2 aliphatic rings. The molecule has 0 radical (unpaired) electrons. The quantitative estimate of drug-likeness (QED) is 0.894. The van der Waals surface area contributed by atoms with Crippen molar-refractivity contribution in [2.24, 2.45) is 0 Å². The minimum atomic E-state index is -0.262. The van der Waals surface area contributed by atoms with Crippen LogP contribution in [0.3, 0.4) is 0 Å². The van der Waals surface area contributed by atoms with Gasteiger partial charge in [-0.1, -0.05) is 48.5 Å². The zero-order chi connectivity index (χ0) is 18.8. The van der Waals surface area contributed by atoms with Crippen LogP contribution >= 0.6 is 0 Å². The number of rotatable bonds is 3. The molecule has 0 bridgehead atoms. The summed E-state index contributed by atoms with van der Waals surface area (Å²) in [4.78, 5) is 26.7. The van der Waals surface area contributed by atoms with Gasteiger partial charge >= 0.3 is 0 Å². The predicted octanol–water partition coefficient (Wildman–Crippen LogP) is 4.14. The molecule has 27 heavy (non-hydrogen) atoms. The third-order valence-electron chi connectivity index (χ3n) is 5.55. The number of amides is 2. The number of nitrogens with zero attached hydrogens (tertiary/aromatic N) is 1. The molecule has 4 heteroatoms. The molecule has 0 unspecified atom stereocenters. The Morgan fingerprint density at radius 3 is 2.63 bits per heavy atom. The minimum Gasteiger partial charge on any atom is -0.349 e. The fraction of sp³-hybridized carbons (Fsp3) is 0.304. The lowest BCUT2D eigenvalue weighted by Gasteiger charge is -2.33. The Bertz CT molecular complexity index is 903. The highest BCUT2D eigenvalue weighted by Gasteiger charge is 2.29. The summed E-state index contributed by atoms with van der Waals surface area (Å²) in [5.41, 5.74) is 4.64. The van der Waals surface area contributed by atoms with Gasteiger partial charge in [0.15, 0.2) is 0 Å². The highest BCUT2D eigenvalue weighted by Crippen LogP contribution is 2.34. The van der Waals surface area contributed by atoms with Gasteiger partial charge in [-0.05, 0) is 47.6 Å². The van der Waals surface area contributed by atoms with Crippen molar-refractivity contribution in [2.45, 2.75) is 44.7 Å². The van der Waals surface area contributed by atoms with Crippen LogP contribution in [0.25, 0.3) is 6.08 Å². The molecule has 1 heterocycles. The van der Waals surface area contributed by atoms with Gasteiger partial charge < -0.3 is 10.2 Å². The Morgan fingerprint density at radius 1 is 1.07 bits per heavy atom. The number of hydrogen-bond acceptors (Lipinski definition) is 2. The molecule has 1 N–H and O–H groups in total. The van der Waals surface area contributed by atoms with Crippen molar-refractivity contribution in [3.8, 4) is 0 Å². The Morgan fingerprint density at radius 2 is 1.81 bits per heavy atom. The van der Waals surface area contributed by atoms with Gasteiger partial charge in [-0.2, -0.15) is 0 Å². The first-order valence-electron chi connectivity index (χ1n) is 9.56. The van der Waals surface area contributed by atoms with Crippen LogP contribution in [0.15, 0.2) is 54.7 Å². The highest BCUT2D eigenvalue weighted by atomic mass is 16.2. The minimum absolute atomic E-state index is 0.0157. The monoisotopic (exact) mass is 360 g/mol. The Hall–Kier alpha value is -2.88. The summed E-state index contributed by atoms with van der Waals surface area (Å²) in [7, 11) is 0. The van der Waals surface area contributed by atoms with E-state index in [1.54, 1.807) is 18.0 Å². The van der Waals surface area contributed by atoms with Crippen LogP contribution in [0, 0.1) is 0 Å². The molecule has 2 aromatic rings. The Kier molecular flexibility index (Phi) is 4.80. The van der Waals surface area contributed by atoms with E-state index in [9.17, 15) is 9.59 Å². The fourth-order valence-electron chi connectivity index (χ4n) is 4.25. The molecular formula is C23H24N2O2. The van der Waals surface area contributed by atoms with Crippen molar-refractivity contribution < 1.29 is 9.59 Å². The van der Waals surface area contributed by atoms with Crippen molar-refractivity contribution in [3.63, 3.8) is 0 Å². The standard InChI is InChI=1S/C23H24N2O2/c1-16(26)25-14-13-18-8-3-5-11-20(18)22(25)15-23(27)24-21-12-6-9-17-7-2-4-10-19(17)21/h2-5,7-8,10-11,13-14,21-22H,6,9,12,15H2,1H3,(H,24,27)/t21-,22-/m0/s1. The molecule has 2 amide bonds. The van der Waals surface area contributed by atoms with Gasteiger partial charge in [0.25, 0.3) is 0 Å². The molecule has 0 saturated heterocycles. The first kappa shape index (κ1) is 17.5. The maximum atomic E-state index is 12.9. The number of benzene rings is 2. The molecule has 0 fully saturated rings. The first-order valence-corrected chi connectivity index (χ1v) is 9.56. The maximum Gasteiger partial charge on any atom is 0.223 e. The molecule has 1 aliphatic carbocycles. The van der Waals surface area contributed by atoms with Crippen LogP contribution < -0.4 is 5.32 Å². The van der Waals surface area contributed by atoms with E-state index < -0.39 is 0 Å². The van der Waals surface area contributed by atoms with Crippen molar-refractivity contribution in [1.82, 2.24) is 10.2 Å². The van der Waals surface area contributed by atoms with Crippen molar-refractivity contribution in [1.29, 1.82) is 0 Å². The summed E-state index contributed by atoms with van der Waals surface area (Å²) in [6.07, 6.45) is 7.10. The van der Waals surface area contributed by atoms with E-state index >= 15 is 0 Å². The third-order valence-corrected chi connectivity index (χ3v) is 5.55. The van der Waals surface area contributed by atoms with E-state index in [4.69, 9.17) is 0 Å². The highest BCUT2D eigenvalue weighted by molar-refractivity contribution is 5.82. The lowest BCUT2D eigenvalue weighted by atomic mass is 9.87. The summed E-state index contributed by atoms with van der Waals surface area (Å²) in [6, 6.07) is 16.1. The van der Waals surface area contributed by atoms with Gasteiger partial charge in [-0.15, -0.1) is 0 Å². The number of carbonyl (C=O) groups is 2. The molecular weight excluding hydrogens is 336 g/mol. The lowest BCUT2D eigenvalue weighted by molar-refractivity contribution is -0.130. The number of fused-ring (bicyclic) bond motifs is 2. The smallest absolute Gasteiger partial charge is 0.223 e. The lowest BCUT2D eigenvalue weighted by Crippen LogP contribution is -2.37. The van der Waals surface area contributed by atoms with E-state index in [2.05, 4.69) is 23.5 Å². The Labute approximate surface area is 159 Å². The van der Waals surface area contributed by atoms with Crippen molar-refractivity contribution in [3.05, 3.63) is 77.0 Å². The summed E-state index contributed by atoms with van der Waals surface area (Å²) in [6.45, 7) is 1.54. The molecule has 0 aromatic heterocycles. The average molecular weight is 360 g/mol. The second kappa shape index (κ2) is 7.39. The van der Waals surface area contributed by atoms with E-state index in [1.807, 2.05) is 36.4 Å². The summed E-state index contributed by atoms with van der Waals surface area (Å²) < 4.78 is 0. The molecule has 0 saturated carbocycles. The number of aryl methyl sites for hydroxylation is 1.